The maximum atomic E-state index is 12.1. The number of hydrogen-bond donors (Lipinski definition) is 1. The van der Waals surface area contributed by atoms with E-state index in [4.69, 9.17) is 14.6 Å². The van der Waals surface area contributed by atoms with Gasteiger partial charge in [0.15, 0.2) is 12.6 Å². The monoisotopic (exact) mass is 343 g/mol. The number of hydrogen-bond acceptors (Lipinski definition) is 4. The van der Waals surface area contributed by atoms with Crippen LogP contribution in [0.15, 0.2) is 28.7 Å². The van der Waals surface area contributed by atoms with Gasteiger partial charge in [0, 0.05) is 6.54 Å². The standard InChI is InChI=1S/C13H14BrNO5/c14-9-3-1-2-4-11(9)20-8-12(16)15-5-6-19-7-10(15)13(17)18/h1-4,10H,5-8H2,(H,17,18). The molecule has 0 aromatic heterocycles. The summed E-state index contributed by atoms with van der Waals surface area (Å²) in [7, 11) is 0. The first-order chi connectivity index (χ1) is 9.59. The highest BCUT2D eigenvalue weighted by molar-refractivity contribution is 9.10. The summed E-state index contributed by atoms with van der Waals surface area (Å²) in [6, 6.07) is 6.21. The molecular formula is C13H14BrNO5. The van der Waals surface area contributed by atoms with E-state index in [9.17, 15) is 9.59 Å². The number of para-hydroxylation sites is 1. The Bertz CT molecular complexity index is 507. The molecule has 0 bridgehead atoms. The number of halogens is 1. The van der Waals surface area contributed by atoms with Gasteiger partial charge in [0.2, 0.25) is 0 Å². The lowest BCUT2D eigenvalue weighted by atomic mass is 10.2. The number of ether oxygens (including phenoxy) is 2. The molecule has 0 radical (unpaired) electrons. The molecule has 1 unspecified atom stereocenters. The zero-order valence-corrected chi connectivity index (χ0v) is 12.2. The van der Waals surface area contributed by atoms with Crippen LogP contribution in [0.5, 0.6) is 5.75 Å². The summed E-state index contributed by atoms with van der Waals surface area (Å²) in [4.78, 5) is 24.4. The minimum atomic E-state index is -1.07. The van der Waals surface area contributed by atoms with Gasteiger partial charge in [-0.2, -0.15) is 0 Å². The van der Waals surface area contributed by atoms with Crippen LogP contribution in [0.2, 0.25) is 0 Å². The second-order valence-electron chi connectivity index (χ2n) is 4.24. The summed E-state index contributed by atoms with van der Waals surface area (Å²) < 4.78 is 11.2. The molecule has 1 aromatic rings. The number of aliphatic carboxylic acids is 1. The fraction of sp³-hybridized carbons (Fsp3) is 0.385. The van der Waals surface area contributed by atoms with Crippen molar-refractivity contribution in [2.24, 2.45) is 0 Å². The zero-order valence-electron chi connectivity index (χ0n) is 10.6. The molecular weight excluding hydrogens is 330 g/mol. The predicted octanol–water partition coefficient (Wildman–Crippen LogP) is 1.14. The molecule has 108 valence electrons. The van der Waals surface area contributed by atoms with E-state index in [1.54, 1.807) is 18.2 Å². The van der Waals surface area contributed by atoms with Crippen molar-refractivity contribution in [2.45, 2.75) is 6.04 Å². The Morgan fingerprint density at radius 3 is 2.90 bits per heavy atom. The van der Waals surface area contributed by atoms with Crippen LogP contribution in [-0.2, 0) is 14.3 Å². The maximum absolute atomic E-state index is 12.1. The van der Waals surface area contributed by atoms with Gasteiger partial charge in [-0.25, -0.2) is 4.79 Å². The average Bonchev–Trinajstić information content (AvgIpc) is 2.46. The van der Waals surface area contributed by atoms with Gasteiger partial charge in [-0.05, 0) is 28.1 Å². The summed E-state index contributed by atoms with van der Waals surface area (Å²) in [5.41, 5.74) is 0. The second-order valence-corrected chi connectivity index (χ2v) is 5.09. The summed E-state index contributed by atoms with van der Waals surface area (Å²) in [6.07, 6.45) is 0. The Kier molecular flexibility index (Phi) is 4.97. The van der Waals surface area contributed by atoms with E-state index >= 15 is 0 Å². The third-order valence-corrected chi connectivity index (χ3v) is 3.58. The molecule has 1 aromatic carbocycles. The average molecular weight is 344 g/mol. The molecule has 1 heterocycles. The number of carbonyl (C=O) groups excluding carboxylic acids is 1. The number of benzene rings is 1. The molecule has 0 saturated carbocycles. The topological polar surface area (TPSA) is 76.1 Å². The van der Waals surface area contributed by atoms with E-state index < -0.39 is 12.0 Å². The first-order valence-electron chi connectivity index (χ1n) is 6.07. The molecule has 20 heavy (non-hydrogen) atoms. The highest BCUT2D eigenvalue weighted by Gasteiger charge is 2.32. The molecule has 1 aliphatic heterocycles. The van der Waals surface area contributed by atoms with Gasteiger partial charge in [-0.15, -0.1) is 0 Å². The Labute approximate surface area is 124 Å². The van der Waals surface area contributed by atoms with Gasteiger partial charge in [0.05, 0.1) is 17.7 Å². The third kappa shape index (κ3) is 3.49. The van der Waals surface area contributed by atoms with Crippen LogP contribution >= 0.6 is 15.9 Å². The lowest BCUT2D eigenvalue weighted by molar-refractivity contribution is -0.159. The molecule has 1 saturated heterocycles. The summed E-state index contributed by atoms with van der Waals surface area (Å²) in [5.74, 6) is -0.892. The number of carboxylic acid groups (broad SMARTS) is 1. The first-order valence-corrected chi connectivity index (χ1v) is 6.86. The van der Waals surface area contributed by atoms with E-state index in [1.165, 1.54) is 4.90 Å². The number of amides is 1. The van der Waals surface area contributed by atoms with E-state index in [0.29, 0.717) is 12.4 Å². The third-order valence-electron chi connectivity index (χ3n) is 2.92. The summed E-state index contributed by atoms with van der Waals surface area (Å²) in [5, 5.41) is 9.06. The van der Waals surface area contributed by atoms with Gasteiger partial charge in [-0.1, -0.05) is 12.1 Å². The van der Waals surface area contributed by atoms with E-state index in [-0.39, 0.29) is 25.7 Å². The molecule has 1 amide bonds. The van der Waals surface area contributed by atoms with Gasteiger partial charge in [0.25, 0.3) is 5.91 Å². The SMILES string of the molecule is O=C(O)C1COCCN1C(=O)COc1ccccc1Br. The summed E-state index contributed by atoms with van der Waals surface area (Å²) >= 11 is 3.31. The van der Waals surface area contributed by atoms with Crippen molar-refractivity contribution in [2.75, 3.05) is 26.4 Å². The van der Waals surface area contributed by atoms with Crippen LogP contribution in [0.1, 0.15) is 0 Å². The second kappa shape index (κ2) is 6.71. The largest absolute Gasteiger partial charge is 0.483 e. The molecule has 1 fully saturated rings. The zero-order chi connectivity index (χ0) is 14.5. The van der Waals surface area contributed by atoms with Crippen LogP contribution in [0.4, 0.5) is 0 Å². The van der Waals surface area contributed by atoms with Crippen LogP contribution in [0.25, 0.3) is 0 Å². The van der Waals surface area contributed by atoms with Crippen LogP contribution in [0.3, 0.4) is 0 Å². The normalized spacial score (nSPS) is 18.6. The van der Waals surface area contributed by atoms with Crippen molar-refractivity contribution in [3.63, 3.8) is 0 Å². The fourth-order valence-corrected chi connectivity index (χ4v) is 2.29. The smallest absolute Gasteiger partial charge is 0.328 e. The molecule has 1 atom stereocenters. The Morgan fingerprint density at radius 2 is 2.20 bits per heavy atom. The van der Waals surface area contributed by atoms with Crippen LogP contribution in [0, 0.1) is 0 Å². The number of carbonyl (C=O) groups is 2. The predicted molar refractivity (Wildman–Crippen MR) is 73.6 cm³/mol. The van der Waals surface area contributed by atoms with Crippen molar-refractivity contribution in [1.29, 1.82) is 0 Å². The Hall–Kier alpha value is -1.60. The number of rotatable bonds is 4. The van der Waals surface area contributed by atoms with Crippen LogP contribution < -0.4 is 4.74 Å². The Morgan fingerprint density at radius 1 is 1.45 bits per heavy atom. The summed E-state index contributed by atoms with van der Waals surface area (Å²) in [6.45, 7) is 0.405. The van der Waals surface area contributed by atoms with Crippen molar-refractivity contribution in [3.05, 3.63) is 28.7 Å². The number of carboxylic acids is 1. The van der Waals surface area contributed by atoms with Gasteiger partial charge < -0.3 is 19.5 Å². The molecule has 0 aliphatic carbocycles. The van der Waals surface area contributed by atoms with Crippen LogP contribution in [-0.4, -0.2) is 54.3 Å². The highest BCUT2D eigenvalue weighted by atomic mass is 79.9. The van der Waals surface area contributed by atoms with Gasteiger partial charge in [-0.3, -0.25) is 4.79 Å². The fourth-order valence-electron chi connectivity index (χ4n) is 1.89. The molecule has 1 aliphatic rings. The lowest BCUT2D eigenvalue weighted by Gasteiger charge is -2.32. The molecule has 1 N–H and O–H groups in total. The quantitative estimate of drug-likeness (QED) is 0.887. The highest BCUT2D eigenvalue weighted by Crippen LogP contribution is 2.23. The number of morpholine rings is 1. The van der Waals surface area contributed by atoms with Crippen molar-refractivity contribution in [1.82, 2.24) is 4.90 Å². The molecule has 0 spiro atoms. The van der Waals surface area contributed by atoms with Crippen molar-refractivity contribution in [3.8, 4) is 5.75 Å². The van der Waals surface area contributed by atoms with E-state index in [1.807, 2.05) is 6.07 Å². The van der Waals surface area contributed by atoms with Gasteiger partial charge in [0.1, 0.15) is 5.75 Å². The first kappa shape index (κ1) is 14.8. The number of nitrogens with zero attached hydrogens (tertiary/aromatic N) is 1. The minimum Gasteiger partial charge on any atom is -0.483 e. The van der Waals surface area contributed by atoms with E-state index in [2.05, 4.69) is 15.9 Å². The molecule has 7 heteroatoms. The molecule has 2 rings (SSSR count). The van der Waals surface area contributed by atoms with Gasteiger partial charge >= 0.3 is 5.97 Å². The van der Waals surface area contributed by atoms with Crippen molar-refractivity contribution >= 4 is 27.8 Å². The van der Waals surface area contributed by atoms with Crippen molar-refractivity contribution < 1.29 is 24.2 Å². The minimum absolute atomic E-state index is 0.0100. The Balaban J connectivity index is 1.97. The van der Waals surface area contributed by atoms with E-state index in [0.717, 1.165) is 4.47 Å². The maximum Gasteiger partial charge on any atom is 0.328 e. The lowest BCUT2D eigenvalue weighted by Crippen LogP contribution is -2.53. The molecule has 6 nitrogen and oxygen atoms in total.